The number of anilines is 2. The molecule has 3 rings (SSSR count). The second-order valence-corrected chi connectivity index (χ2v) is 8.49. The number of nitrogens with one attached hydrogen (secondary N) is 1. The Kier molecular flexibility index (Phi) is 8.58. The van der Waals surface area contributed by atoms with E-state index in [1.54, 1.807) is 18.2 Å². The van der Waals surface area contributed by atoms with Crippen molar-refractivity contribution in [2.24, 2.45) is 5.92 Å². The maximum atomic E-state index is 14.0. The number of benzene rings is 1. The van der Waals surface area contributed by atoms with Crippen LogP contribution in [0.2, 0.25) is 0 Å². The quantitative estimate of drug-likeness (QED) is 0.397. The molecule has 2 aromatic heterocycles. The number of aromatic amines is 1. The van der Waals surface area contributed by atoms with E-state index in [0.717, 1.165) is 0 Å². The van der Waals surface area contributed by atoms with E-state index in [4.69, 9.17) is 14.9 Å². The van der Waals surface area contributed by atoms with E-state index >= 15 is 0 Å². The van der Waals surface area contributed by atoms with Crippen molar-refractivity contribution >= 4 is 17.4 Å². The first-order valence-electron chi connectivity index (χ1n) is 11.3. The zero-order valence-electron chi connectivity index (χ0n) is 20.0. The molecule has 0 saturated carbocycles. The number of methoxy groups -OCH3 is 1. The van der Waals surface area contributed by atoms with Crippen LogP contribution in [-0.2, 0) is 22.5 Å². The normalized spacial score (nSPS) is 11.2. The summed E-state index contributed by atoms with van der Waals surface area (Å²) >= 11 is 0. The first kappa shape index (κ1) is 25.9. The fraction of sp³-hybridized carbons (Fsp3) is 0.417. The third-order valence-electron chi connectivity index (χ3n) is 5.31. The molecule has 3 N–H and O–H groups in total. The molecule has 0 saturated heterocycles. The van der Waals surface area contributed by atoms with Gasteiger partial charge in [-0.3, -0.25) is 19.1 Å². The van der Waals surface area contributed by atoms with Crippen LogP contribution in [0.5, 0.6) is 0 Å². The lowest BCUT2D eigenvalue weighted by molar-refractivity contribution is -0.118. The van der Waals surface area contributed by atoms with Crippen molar-refractivity contribution in [3.8, 4) is 11.3 Å². The van der Waals surface area contributed by atoms with Crippen molar-refractivity contribution in [3.05, 3.63) is 63.0 Å². The smallest absolute Gasteiger partial charge is 0.330 e. The molecule has 0 radical (unpaired) electrons. The number of carbonyl (C=O) groups is 1. The van der Waals surface area contributed by atoms with Gasteiger partial charge in [0.25, 0.3) is 5.56 Å². The minimum Gasteiger partial charge on any atom is -0.441 e. The maximum Gasteiger partial charge on any atom is 0.330 e. The number of halogens is 1. The Bertz CT molecular complexity index is 1280. The first-order valence-corrected chi connectivity index (χ1v) is 11.3. The van der Waals surface area contributed by atoms with Gasteiger partial charge >= 0.3 is 5.69 Å². The van der Waals surface area contributed by atoms with Crippen LogP contribution in [0.25, 0.3) is 11.3 Å². The Morgan fingerprint density at radius 2 is 2.06 bits per heavy atom. The molecule has 0 unspecified atom stereocenters. The molecule has 35 heavy (non-hydrogen) atoms. The molecule has 0 spiro atoms. The average Bonchev–Trinajstić information content (AvgIpc) is 3.28. The van der Waals surface area contributed by atoms with Crippen LogP contribution in [-0.4, -0.2) is 40.7 Å². The molecular weight excluding hydrogens is 457 g/mol. The largest absolute Gasteiger partial charge is 0.441 e. The number of hydrogen-bond acceptors (Lipinski definition) is 7. The summed E-state index contributed by atoms with van der Waals surface area (Å²) < 4.78 is 26.0. The highest BCUT2D eigenvalue weighted by molar-refractivity contribution is 5.95. The van der Waals surface area contributed by atoms with Crippen molar-refractivity contribution in [2.75, 3.05) is 30.9 Å². The maximum absolute atomic E-state index is 14.0. The molecule has 0 aliphatic carbocycles. The Morgan fingerprint density at radius 3 is 2.74 bits per heavy atom. The fourth-order valence-electron chi connectivity index (χ4n) is 3.67. The van der Waals surface area contributed by atoms with E-state index in [-0.39, 0.29) is 60.6 Å². The number of H-pyrrole nitrogens is 1. The number of nitrogens with zero attached hydrogens (tertiary/aromatic N) is 3. The van der Waals surface area contributed by atoms with Gasteiger partial charge in [0.1, 0.15) is 11.6 Å². The van der Waals surface area contributed by atoms with Crippen molar-refractivity contribution in [2.45, 2.75) is 39.7 Å². The lowest BCUT2D eigenvalue weighted by atomic mass is 10.2. The molecule has 0 atom stereocenters. The number of aryl methyl sites for hydroxylation is 1. The van der Waals surface area contributed by atoms with Gasteiger partial charge in [-0.25, -0.2) is 14.2 Å². The van der Waals surface area contributed by atoms with E-state index < -0.39 is 23.0 Å². The lowest BCUT2D eigenvalue weighted by Gasteiger charge is -2.25. The van der Waals surface area contributed by atoms with E-state index in [1.807, 2.05) is 13.8 Å². The highest BCUT2D eigenvalue weighted by Gasteiger charge is 2.24. The van der Waals surface area contributed by atoms with Gasteiger partial charge < -0.3 is 19.8 Å². The van der Waals surface area contributed by atoms with Crippen molar-refractivity contribution in [3.63, 3.8) is 0 Å². The number of amides is 1. The van der Waals surface area contributed by atoms with Crippen molar-refractivity contribution < 1.29 is 18.3 Å². The molecule has 3 aromatic rings. The standard InChI is InChI=1S/C24H30FN5O5/c1-15(2)14-30-22(26)21(23(32)28-24(30)33)29(11-6-12-34-3)20(31)10-9-19-27-13-18(35-19)16-7-4-5-8-17(16)25/h4-5,7-8,13,15H,6,9-12,14,26H2,1-3H3,(H,28,32,33). The Labute approximate surface area is 201 Å². The highest BCUT2D eigenvalue weighted by Crippen LogP contribution is 2.24. The molecule has 10 nitrogen and oxygen atoms in total. The van der Waals surface area contributed by atoms with Crippen LogP contribution in [0.1, 0.15) is 32.6 Å². The molecule has 2 heterocycles. The van der Waals surface area contributed by atoms with E-state index in [1.165, 1.54) is 28.8 Å². The topological polar surface area (TPSA) is 136 Å². The predicted molar refractivity (Wildman–Crippen MR) is 130 cm³/mol. The molecule has 0 aliphatic heterocycles. The molecule has 0 fully saturated rings. The summed E-state index contributed by atoms with van der Waals surface area (Å²) in [5, 5.41) is 0. The number of oxazole rings is 1. The van der Waals surface area contributed by atoms with Crippen LogP contribution < -0.4 is 21.9 Å². The van der Waals surface area contributed by atoms with E-state index in [9.17, 15) is 18.8 Å². The van der Waals surface area contributed by atoms with Gasteiger partial charge in [-0.05, 0) is 24.5 Å². The predicted octanol–water partition coefficient (Wildman–Crippen LogP) is 2.57. The van der Waals surface area contributed by atoms with Gasteiger partial charge in [0.05, 0.1) is 11.8 Å². The number of nitrogen functional groups attached to an aromatic ring is 1. The van der Waals surface area contributed by atoms with Gasteiger partial charge in [0.15, 0.2) is 17.3 Å². The number of carbonyl (C=O) groups excluding carboxylic acids is 1. The van der Waals surface area contributed by atoms with Gasteiger partial charge in [-0.15, -0.1) is 0 Å². The van der Waals surface area contributed by atoms with Crippen LogP contribution >= 0.6 is 0 Å². The summed E-state index contributed by atoms with van der Waals surface area (Å²) in [7, 11) is 1.53. The molecule has 188 valence electrons. The zero-order chi connectivity index (χ0) is 25.5. The lowest BCUT2D eigenvalue weighted by Crippen LogP contribution is -2.42. The molecule has 1 aromatic carbocycles. The zero-order valence-corrected chi connectivity index (χ0v) is 20.0. The minimum absolute atomic E-state index is 0.0492. The van der Waals surface area contributed by atoms with Crippen molar-refractivity contribution in [1.82, 2.24) is 14.5 Å². The monoisotopic (exact) mass is 487 g/mol. The second kappa shape index (κ2) is 11.6. The van der Waals surface area contributed by atoms with E-state index in [0.29, 0.717) is 13.0 Å². The number of rotatable bonds is 11. The van der Waals surface area contributed by atoms with Crippen LogP contribution in [0.15, 0.2) is 44.5 Å². The molecule has 0 bridgehead atoms. The fourth-order valence-corrected chi connectivity index (χ4v) is 3.67. The summed E-state index contributed by atoms with van der Waals surface area (Å²) in [6.07, 6.45) is 1.92. The minimum atomic E-state index is -0.740. The second-order valence-electron chi connectivity index (χ2n) is 8.49. The summed E-state index contributed by atoms with van der Waals surface area (Å²) in [4.78, 5) is 45.9. The number of aromatic nitrogens is 3. The first-order chi connectivity index (χ1) is 16.7. The Morgan fingerprint density at radius 1 is 1.31 bits per heavy atom. The number of nitrogens with two attached hydrogens (primary N) is 1. The van der Waals surface area contributed by atoms with E-state index in [2.05, 4.69) is 9.97 Å². The van der Waals surface area contributed by atoms with Crippen LogP contribution in [0.4, 0.5) is 15.9 Å². The third-order valence-corrected chi connectivity index (χ3v) is 5.31. The van der Waals surface area contributed by atoms with Gasteiger partial charge in [0, 0.05) is 39.6 Å². The highest BCUT2D eigenvalue weighted by atomic mass is 19.1. The van der Waals surface area contributed by atoms with Gasteiger partial charge in [-0.2, -0.15) is 0 Å². The third kappa shape index (κ3) is 6.24. The number of hydrogen-bond donors (Lipinski definition) is 2. The summed E-state index contributed by atoms with van der Waals surface area (Å²) in [5.41, 5.74) is 5.04. The summed E-state index contributed by atoms with van der Waals surface area (Å²) in [5.74, 6) is -0.333. The van der Waals surface area contributed by atoms with Gasteiger partial charge in [0.2, 0.25) is 5.91 Å². The summed E-state index contributed by atoms with van der Waals surface area (Å²) in [6, 6.07) is 6.15. The van der Waals surface area contributed by atoms with Gasteiger partial charge in [-0.1, -0.05) is 26.0 Å². The van der Waals surface area contributed by atoms with Crippen LogP contribution in [0.3, 0.4) is 0 Å². The molecular formula is C24H30FN5O5. The molecule has 0 aliphatic rings. The summed E-state index contributed by atoms with van der Waals surface area (Å²) in [6.45, 7) is 4.61. The Balaban J connectivity index is 1.85. The molecule has 1 amide bonds. The SMILES string of the molecule is COCCCN(C(=O)CCc1ncc(-c2ccccc2F)o1)c1c(N)n(CC(C)C)c(=O)[nH]c1=O. The van der Waals surface area contributed by atoms with Crippen LogP contribution in [0, 0.1) is 11.7 Å². The van der Waals surface area contributed by atoms with Crippen molar-refractivity contribution in [1.29, 1.82) is 0 Å². The molecule has 11 heteroatoms. The average molecular weight is 488 g/mol. The number of ether oxygens (including phenoxy) is 1. The Hall–Kier alpha value is -3.73.